The first-order chi connectivity index (χ1) is 14.8. The zero-order valence-electron chi connectivity index (χ0n) is 17.8. The SMILES string of the molecule is CCOc1ccc(N(CC)S(=O)(=O)N2CCCC(C(=O)Nc3cccc(Cl)c3)C2)cc1. The summed E-state index contributed by atoms with van der Waals surface area (Å²) in [6.07, 6.45) is 1.25. The van der Waals surface area contributed by atoms with Crippen LogP contribution in [-0.4, -0.2) is 44.9 Å². The van der Waals surface area contributed by atoms with Crippen LogP contribution in [0.5, 0.6) is 5.75 Å². The number of anilines is 2. The van der Waals surface area contributed by atoms with Crippen molar-refractivity contribution in [2.24, 2.45) is 5.92 Å². The number of piperidine rings is 1. The Kier molecular flexibility index (Phi) is 7.80. The fraction of sp³-hybridized carbons (Fsp3) is 0.409. The molecule has 1 heterocycles. The van der Waals surface area contributed by atoms with Crippen molar-refractivity contribution in [3.05, 3.63) is 53.6 Å². The number of nitrogens with zero attached hydrogens (tertiary/aromatic N) is 2. The lowest BCUT2D eigenvalue weighted by Crippen LogP contribution is -2.50. The maximum absolute atomic E-state index is 13.4. The molecule has 168 valence electrons. The first kappa shape index (κ1) is 23.4. The molecule has 1 aliphatic heterocycles. The van der Waals surface area contributed by atoms with Crippen LogP contribution in [0.1, 0.15) is 26.7 Å². The zero-order chi connectivity index (χ0) is 22.4. The molecule has 0 radical (unpaired) electrons. The molecule has 1 aliphatic rings. The van der Waals surface area contributed by atoms with Crippen molar-refractivity contribution in [3.63, 3.8) is 0 Å². The maximum atomic E-state index is 13.4. The minimum Gasteiger partial charge on any atom is -0.494 e. The summed E-state index contributed by atoms with van der Waals surface area (Å²) in [4.78, 5) is 12.8. The highest BCUT2D eigenvalue weighted by molar-refractivity contribution is 7.90. The van der Waals surface area contributed by atoms with Crippen molar-refractivity contribution in [2.75, 3.05) is 35.9 Å². The van der Waals surface area contributed by atoms with Gasteiger partial charge in [0.15, 0.2) is 0 Å². The van der Waals surface area contributed by atoms with Gasteiger partial charge in [0, 0.05) is 30.3 Å². The standard InChI is InChI=1S/C22H28ClN3O4S/c1-3-26(20-10-12-21(13-11-20)30-4-2)31(28,29)25-14-6-7-17(16-25)22(27)24-19-9-5-8-18(23)15-19/h5,8-13,15,17H,3-4,6-7,14,16H2,1-2H3,(H,24,27). The Bertz CT molecular complexity index is 998. The van der Waals surface area contributed by atoms with E-state index in [1.54, 1.807) is 55.5 Å². The number of nitrogens with one attached hydrogen (secondary N) is 1. The van der Waals surface area contributed by atoms with Crippen LogP contribution in [0.4, 0.5) is 11.4 Å². The molecule has 9 heteroatoms. The summed E-state index contributed by atoms with van der Waals surface area (Å²) in [5.41, 5.74) is 1.17. The number of halogens is 1. The highest BCUT2D eigenvalue weighted by Crippen LogP contribution is 2.27. The predicted octanol–water partition coefficient (Wildman–Crippen LogP) is 4.16. The van der Waals surface area contributed by atoms with Gasteiger partial charge < -0.3 is 10.1 Å². The summed E-state index contributed by atoms with van der Waals surface area (Å²) in [6.45, 7) is 5.04. The monoisotopic (exact) mass is 465 g/mol. The lowest BCUT2D eigenvalue weighted by atomic mass is 9.99. The van der Waals surface area contributed by atoms with E-state index in [-0.39, 0.29) is 19.0 Å². The molecule has 1 atom stereocenters. The van der Waals surface area contributed by atoms with Crippen LogP contribution in [0, 0.1) is 5.92 Å². The van der Waals surface area contributed by atoms with Crippen molar-refractivity contribution in [3.8, 4) is 5.75 Å². The first-order valence-electron chi connectivity index (χ1n) is 10.4. The minimum absolute atomic E-state index is 0.141. The lowest BCUT2D eigenvalue weighted by molar-refractivity contribution is -0.120. The molecule has 0 spiro atoms. The fourth-order valence-corrected chi connectivity index (χ4v) is 5.58. The van der Waals surface area contributed by atoms with E-state index in [2.05, 4.69) is 5.32 Å². The van der Waals surface area contributed by atoms with E-state index in [0.717, 1.165) is 0 Å². The second-order valence-electron chi connectivity index (χ2n) is 7.30. The molecule has 1 amide bonds. The van der Waals surface area contributed by atoms with Gasteiger partial charge in [-0.05, 0) is 69.2 Å². The third-order valence-electron chi connectivity index (χ3n) is 5.17. The Labute approximate surface area is 189 Å². The van der Waals surface area contributed by atoms with Crippen LogP contribution in [0.2, 0.25) is 5.02 Å². The van der Waals surface area contributed by atoms with Crippen molar-refractivity contribution in [1.82, 2.24) is 4.31 Å². The van der Waals surface area contributed by atoms with Gasteiger partial charge in [0.2, 0.25) is 5.91 Å². The lowest BCUT2D eigenvalue weighted by Gasteiger charge is -2.35. The molecule has 0 aliphatic carbocycles. The molecule has 1 fully saturated rings. The van der Waals surface area contributed by atoms with Crippen molar-refractivity contribution in [2.45, 2.75) is 26.7 Å². The van der Waals surface area contributed by atoms with Crippen LogP contribution in [0.3, 0.4) is 0 Å². The largest absolute Gasteiger partial charge is 0.494 e. The summed E-state index contributed by atoms with van der Waals surface area (Å²) in [5, 5.41) is 3.37. The number of benzene rings is 2. The third-order valence-corrected chi connectivity index (χ3v) is 7.42. The van der Waals surface area contributed by atoms with E-state index in [9.17, 15) is 13.2 Å². The molecular weight excluding hydrogens is 438 g/mol. The van der Waals surface area contributed by atoms with E-state index in [4.69, 9.17) is 16.3 Å². The molecule has 1 saturated heterocycles. The Balaban J connectivity index is 1.72. The normalized spacial score (nSPS) is 17.2. The summed E-state index contributed by atoms with van der Waals surface area (Å²) in [5.74, 6) is 0.0586. The number of hydrogen-bond donors (Lipinski definition) is 1. The van der Waals surface area contributed by atoms with E-state index < -0.39 is 16.1 Å². The van der Waals surface area contributed by atoms with Crippen LogP contribution in [0.25, 0.3) is 0 Å². The first-order valence-corrected chi connectivity index (χ1v) is 12.2. The maximum Gasteiger partial charge on any atom is 0.304 e. The van der Waals surface area contributed by atoms with Gasteiger partial charge in [-0.1, -0.05) is 17.7 Å². The Morgan fingerprint density at radius 1 is 1.23 bits per heavy atom. The van der Waals surface area contributed by atoms with Gasteiger partial charge in [-0.25, -0.2) is 0 Å². The summed E-state index contributed by atoms with van der Waals surface area (Å²) >= 11 is 5.98. The Morgan fingerprint density at radius 2 is 1.97 bits per heavy atom. The third kappa shape index (κ3) is 5.70. The number of rotatable bonds is 8. The van der Waals surface area contributed by atoms with Crippen LogP contribution in [-0.2, 0) is 15.0 Å². The molecule has 3 rings (SSSR count). The Morgan fingerprint density at radius 3 is 2.61 bits per heavy atom. The van der Waals surface area contributed by atoms with E-state index in [1.807, 2.05) is 6.92 Å². The van der Waals surface area contributed by atoms with E-state index >= 15 is 0 Å². The van der Waals surface area contributed by atoms with Gasteiger partial charge in [-0.2, -0.15) is 12.7 Å². The Hall–Kier alpha value is -2.29. The van der Waals surface area contributed by atoms with Gasteiger partial charge in [0.05, 0.1) is 18.2 Å². The quantitative estimate of drug-likeness (QED) is 0.634. The highest BCUT2D eigenvalue weighted by Gasteiger charge is 2.35. The van der Waals surface area contributed by atoms with Crippen LogP contribution in [0.15, 0.2) is 48.5 Å². The molecule has 0 saturated carbocycles. The fourth-order valence-electron chi connectivity index (χ4n) is 3.67. The molecule has 7 nitrogen and oxygen atoms in total. The number of hydrogen-bond acceptors (Lipinski definition) is 4. The van der Waals surface area contributed by atoms with Gasteiger partial charge in [0.1, 0.15) is 5.75 Å². The molecular formula is C22H28ClN3O4S. The molecule has 2 aromatic rings. The number of amides is 1. The number of carbonyl (C=O) groups is 1. The zero-order valence-corrected chi connectivity index (χ0v) is 19.3. The highest BCUT2D eigenvalue weighted by atomic mass is 35.5. The second-order valence-corrected chi connectivity index (χ2v) is 9.59. The predicted molar refractivity (Wildman–Crippen MR) is 124 cm³/mol. The molecule has 1 N–H and O–H groups in total. The smallest absolute Gasteiger partial charge is 0.304 e. The average Bonchev–Trinajstić information content (AvgIpc) is 2.75. The van der Waals surface area contributed by atoms with Crippen molar-refractivity contribution < 1.29 is 17.9 Å². The summed E-state index contributed by atoms with van der Waals surface area (Å²) < 4.78 is 34.9. The molecule has 0 bridgehead atoms. The van der Waals surface area contributed by atoms with E-state index in [1.165, 1.54) is 8.61 Å². The van der Waals surface area contributed by atoms with Crippen LogP contribution >= 0.6 is 11.6 Å². The molecule has 2 aromatic carbocycles. The molecule has 31 heavy (non-hydrogen) atoms. The summed E-state index contributed by atoms with van der Waals surface area (Å²) in [7, 11) is -3.77. The second kappa shape index (κ2) is 10.3. The van der Waals surface area contributed by atoms with E-state index in [0.29, 0.717) is 48.1 Å². The number of ether oxygens (including phenoxy) is 1. The van der Waals surface area contributed by atoms with Crippen molar-refractivity contribution in [1.29, 1.82) is 0 Å². The van der Waals surface area contributed by atoms with Crippen molar-refractivity contribution >= 4 is 39.1 Å². The average molecular weight is 466 g/mol. The van der Waals surface area contributed by atoms with Crippen LogP contribution < -0.4 is 14.4 Å². The topological polar surface area (TPSA) is 79.0 Å². The van der Waals surface area contributed by atoms with Gasteiger partial charge >= 0.3 is 10.2 Å². The van der Waals surface area contributed by atoms with Gasteiger partial charge in [-0.3, -0.25) is 9.10 Å². The van der Waals surface area contributed by atoms with Gasteiger partial charge in [0.25, 0.3) is 0 Å². The minimum atomic E-state index is -3.77. The molecule has 1 unspecified atom stereocenters. The molecule has 0 aromatic heterocycles. The van der Waals surface area contributed by atoms with Gasteiger partial charge in [-0.15, -0.1) is 0 Å². The number of carbonyl (C=O) groups excluding carboxylic acids is 1. The summed E-state index contributed by atoms with van der Waals surface area (Å²) in [6, 6.07) is 13.9.